The van der Waals surface area contributed by atoms with Crippen LogP contribution in [0.3, 0.4) is 0 Å². The third-order valence-electron chi connectivity index (χ3n) is 2.96. The molecule has 0 fully saturated rings. The Bertz CT molecular complexity index is 523. The van der Waals surface area contributed by atoms with Gasteiger partial charge in [-0.25, -0.2) is 0 Å². The number of phenols is 1. The minimum atomic E-state index is 0.279. The van der Waals surface area contributed by atoms with Gasteiger partial charge in [0.25, 0.3) is 0 Å². The molecule has 0 saturated carbocycles. The summed E-state index contributed by atoms with van der Waals surface area (Å²) in [7, 11) is 1.67. The number of hydrogen-bond donors (Lipinski definition) is 2. The van der Waals surface area contributed by atoms with Crippen LogP contribution in [-0.4, -0.2) is 18.3 Å². The Morgan fingerprint density at radius 1 is 1.16 bits per heavy atom. The van der Waals surface area contributed by atoms with Gasteiger partial charge in [0.15, 0.2) is 0 Å². The summed E-state index contributed by atoms with van der Waals surface area (Å²) < 4.78 is 5.14. The third-order valence-corrected chi connectivity index (χ3v) is 2.96. The van der Waals surface area contributed by atoms with Crippen molar-refractivity contribution >= 4 is 5.69 Å². The minimum Gasteiger partial charge on any atom is -0.508 e. The van der Waals surface area contributed by atoms with E-state index in [-0.39, 0.29) is 11.8 Å². The van der Waals surface area contributed by atoms with Gasteiger partial charge in [0.1, 0.15) is 11.5 Å². The number of rotatable bonds is 5. The second kappa shape index (κ2) is 6.14. The van der Waals surface area contributed by atoms with Crippen LogP contribution in [0.15, 0.2) is 48.5 Å². The molecule has 0 radical (unpaired) electrons. The third kappa shape index (κ3) is 3.91. The fourth-order valence-corrected chi connectivity index (χ4v) is 2.05. The molecule has 1 atom stereocenters. The smallest absolute Gasteiger partial charge is 0.118 e. The van der Waals surface area contributed by atoms with Crippen molar-refractivity contribution in [1.29, 1.82) is 0 Å². The summed E-state index contributed by atoms with van der Waals surface area (Å²) >= 11 is 0. The molecule has 1 unspecified atom stereocenters. The number of hydrogen-bond acceptors (Lipinski definition) is 3. The zero-order valence-corrected chi connectivity index (χ0v) is 11.3. The van der Waals surface area contributed by atoms with Crippen molar-refractivity contribution in [1.82, 2.24) is 0 Å². The lowest BCUT2D eigenvalue weighted by Gasteiger charge is -2.15. The summed E-state index contributed by atoms with van der Waals surface area (Å²) in [6.07, 6.45) is 0.916. The molecule has 0 amide bonds. The van der Waals surface area contributed by atoms with E-state index < -0.39 is 0 Å². The molecule has 0 spiro atoms. The van der Waals surface area contributed by atoms with Crippen molar-refractivity contribution in [3.8, 4) is 11.5 Å². The van der Waals surface area contributed by atoms with Crippen molar-refractivity contribution in [3.05, 3.63) is 54.1 Å². The second-order valence-electron chi connectivity index (χ2n) is 4.65. The molecule has 0 aliphatic carbocycles. The van der Waals surface area contributed by atoms with Crippen LogP contribution in [0.2, 0.25) is 0 Å². The van der Waals surface area contributed by atoms with E-state index in [1.54, 1.807) is 19.2 Å². The van der Waals surface area contributed by atoms with Gasteiger partial charge in [-0.05, 0) is 43.2 Å². The summed E-state index contributed by atoms with van der Waals surface area (Å²) in [6, 6.07) is 15.5. The van der Waals surface area contributed by atoms with E-state index in [2.05, 4.69) is 24.4 Å². The molecule has 0 heterocycles. The number of aromatic hydroxyl groups is 1. The average molecular weight is 257 g/mol. The second-order valence-corrected chi connectivity index (χ2v) is 4.65. The van der Waals surface area contributed by atoms with Gasteiger partial charge >= 0.3 is 0 Å². The molecule has 0 aliphatic rings. The van der Waals surface area contributed by atoms with Gasteiger partial charge in [0.2, 0.25) is 0 Å². The van der Waals surface area contributed by atoms with Gasteiger partial charge in [-0.15, -0.1) is 0 Å². The lowest BCUT2D eigenvalue weighted by atomic mass is 10.1. The van der Waals surface area contributed by atoms with Gasteiger partial charge in [0.05, 0.1) is 7.11 Å². The van der Waals surface area contributed by atoms with Crippen molar-refractivity contribution in [2.24, 2.45) is 0 Å². The van der Waals surface area contributed by atoms with Gasteiger partial charge in [0, 0.05) is 17.8 Å². The van der Waals surface area contributed by atoms with E-state index in [1.807, 2.05) is 24.3 Å². The average Bonchev–Trinajstić information content (AvgIpc) is 2.39. The predicted molar refractivity (Wildman–Crippen MR) is 77.9 cm³/mol. The number of nitrogens with one attached hydrogen (secondary N) is 1. The zero-order valence-electron chi connectivity index (χ0n) is 11.3. The minimum absolute atomic E-state index is 0.279. The molecule has 2 N–H and O–H groups in total. The lowest BCUT2D eigenvalue weighted by Crippen LogP contribution is -2.17. The molecular formula is C16H19NO2. The quantitative estimate of drug-likeness (QED) is 0.862. The Balaban J connectivity index is 1.95. The maximum atomic E-state index is 9.42. The van der Waals surface area contributed by atoms with Crippen molar-refractivity contribution in [2.45, 2.75) is 19.4 Å². The molecule has 3 heteroatoms. The highest BCUT2D eigenvalue weighted by molar-refractivity contribution is 5.48. The van der Waals surface area contributed by atoms with Gasteiger partial charge < -0.3 is 15.2 Å². The molecule has 2 aromatic rings. The first-order valence-electron chi connectivity index (χ1n) is 6.36. The maximum absolute atomic E-state index is 9.42. The molecule has 0 saturated heterocycles. The Labute approximate surface area is 113 Å². The summed E-state index contributed by atoms with van der Waals surface area (Å²) in [4.78, 5) is 0. The Morgan fingerprint density at radius 3 is 2.53 bits per heavy atom. The maximum Gasteiger partial charge on any atom is 0.118 e. The summed E-state index contributed by atoms with van der Waals surface area (Å²) in [5.74, 6) is 1.15. The molecule has 0 aliphatic heterocycles. The van der Waals surface area contributed by atoms with Crippen LogP contribution in [0.5, 0.6) is 11.5 Å². The highest BCUT2D eigenvalue weighted by Crippen LogP contribution is 2.18. The van der Waals surface area contributed by atoms with Crippen molar-refractivity contribution in [2.75, 3.05) is 12.4 Å². The first-order valence-corrected chi connectivity index (χ1v) is 6.36. The topological polar surface area (TPSA) is 41.5 Å². The highest BCUT2D eigenvalue weighted by Gasteiger charge is 2.04. The molecular weight excluding hydrogens is 238 g/mol. The summed E-state index contributed by atoms with van der Waals surface area (Å²) in [5.41, 5.74) is 2.18. The fraction of sp³-hybridized carbons (Fsp3) is 0.250. The van der Waals surface area contributed by atoms with Crippen LogP contribution < -0.4 is 10.1 Å². The number of benzene rings is 2. The molecule has 3 nitrogen and oxygen atoms in total. The number of anilines is 1. The monoisotopic (exact) mass is 257 g/mol. The van der Waals surface area contributed by atoms with Crippen LogP contribution in [-0.2, 0) is 6.42 Å². The standard InChI is InChI=1S/C16H19NO2/c1-12(17-14-4-3-5-15(18)11-14)10-13-6-8-16(19-2)9-7-13/h3-9,11-12,17-18H,10H2,1-2H3. The molecule has 0 aromatic heterocycles. The van der Waals surface area contributed by atoms with E-state index in [9.17, 15) is 5.11 Å². The first-order chi connectivity index (χ1) is 9.17. The Hall–Kier alpha value is -2.16. The van der Waals surface area contributed by atoms with E-state index in [1.165, 1.54) is 5.56 Å². The molecule has 0 bridgehead atoms. The molecule has 100 valence electrons. The van der Waals surface area contributed by atoms with Gasteiger partial charge in [-0.1, -0.05) is 18.2 Å². The first kappa shape index (κ1) is 13.3. The van der Waals surface area contributed by atoms with E-state index >= 15 is 0 Å². The van der Waals surface area contributed by atoms with E-state index in [4.69, 9.17) is 4.74 Å². The molecule has 2 rings (SSSR count). The number of phenolic OH excluding ortho intramolecular Hbond substituents is 1. The summed E-state index contributed by atoms with van der Waals surface area (Å²) in [6.45, 7) is 2.12. The van der Waals surface area contributed by atoms with E-state index in [0.29, 0.717) is 0 Å². The van der Waals surface area contributed by atoms with Gasteiger partial charge in [-0.3, -0.25) is 0 Å². The van der Waals surface area contributed by atoms with Crippen LogP contribution in [0.25, 0.3) is 0 Å². The SMILES string of the molecule is COc1ccc(CC(C)Nc2cccc(O)c2)cc1. The molecule has 2 aromatic carbocycles. The van der Waals surface area contributed by atoms with Crippen molar-refractivity contribution < 1.29 is 9.84 Å². The van der Waals surface area contributed by atoms with Crippen LogP contribution in [0.4, 0.5) is 5.69 Å². The molecule has 19 heavy (non-hydrogen) atoms. The number of ether oxygens (including phenoxy) is 1. The zero-order chi connectivity index (χ0) is 13.7. The Morgan fingerprint density at radius 2 is 1.89 bits per heavy atom. The highest BCUT2D eigenvalue weighted by atomic mass is 16.5. The normalized spacial score (nSPS) is 11.9. The van der Waals surface area contributed by atoms with Crippen LogP contribution in [0.1, 0.15) is 12.5 Å². The lowest BCUT2D eigenvalue weighted by molar-refractivity contribution is 0.414. The van der Waals surface area contributed by atoms with Gasteiger partial charge in [-0.2, -0.15) is 0 Å². The van der Waals surface area contributed by atoms with Crippen molar-refractivity contribution in [3.63, 3.8) is 0 Å². The summed E-state index contributed by atoms with van der Waals surface area (Å²) in [5, 5.41) is 12.8. The number of methoxy groups -OCH3 is 1. The van der Waals surface area contributed by atoms with E-state index in [0.717, 1.165) is 17.9 Å². The van der Waals surface area contributed by atoms with Crippen LogP contribution in [0, 0.1) is 0 Å². The largest absolute Gasteiger partial charge is 0.508 e. The predicted octanol–water partition coefficient (Wildman–Crippen LogP) is 3.44. The Kier molecular flexibility index (Phi) is 4.29. The fourth-order valence-electron chi connectivity index (χ4n) is 2.05. The van der Waals surface area contributed by atoms with Crippen LogP contribution >= 0.6 is 0 Å².